The molecule has 4 heterocycles. The van der Waals surface area contributed by atoms with Gasteiger partial charge in [0.1, 0.15) is 5.76 Å². The van der Waals surface area contributed by atoms with E-state index in [0.717, 1.165) is 16.9 Å². The first-order valence-corrected chi connectivity index (χ1v) is 11.4. The van der Waals surface area contributed by atoms with Gasteiger partial charge in [-0.1, -0.05) is 0 Å². The third-order valence-corrected chi connectivity index (χ3v) is 6.87. The minimum Gasteiger partial charge on any atom is -0.467 e. The Balaban J connectivity index is 1.27. The van der Waals surface area contributed by atoms with Gasteiger partial charge in [-0.05, 0) is 60.7 Å². The summed E-state index contributed by atoms with van der Waals surface area (Å²) in [5, 5.41) is 2.01. The van der Waals surface area contributed by atoms with Gasteiger partial charge in [0, 0.05) is 18.0 Å². The van der Waals surface area contributed by atoms with Crippen LogP contribution in [-0.2, 0) is 29.0 Å². The second-order valence-electron chi connectivity index (χ2n) is 7.96. The van der Waals surface area contributed by atoms with Crippen molar-refractivity contribution in [3.05, 3.63) is 80.9 Å². The van der Waals surface area contributed by atoms with Crippen LogP contribution < -0.4 is 0 Å². The number of imide groups is 1. The molecule has 0 aliphatic carbocycles. The van der Waals surface area contributed by atoms with E-state index in [1.54, 1.807) is 28.4 Å². The lowest BCUT2D eigenvalue weighted by atomic mass is 10.1. The second kappa shape index (κ2) is 8.32. The minimum atomic E-state index is -0.973. The highest BCUT2D eigenvalue weighted by molar-refractivity contribution is 7.10. The van der Waals surface area contributed by atoms with Crippen LogP contribution >= 0.6 is 11.3 Å². The molecule has 3 amide bonds. The highest BCUT2D eigenvalue weighted by Gasteiger charge is 2.37. The summed E-state index contributed by atoms with van der Waals surface area (Å²) in [5.41, 5.74) is 1.57. The van der Waals surface area contributed by atoms with E-state index >= 15 is 0 Å². The Morgan fingerprint density at radius 2 is 1.97 bits per heavy atom. The zero-order chi connectivity index (χ0) is 23.1. The Morgan fingerprint density at radius 3 is 2.76 bits per heavy atom. The number of amides is 3. The van der Waals surface area contributed by atoms with Crippen molar-refractivity contribution >= 4 is 35.0 Å². The highest BCUT2D eigenvalue weighted by Crippen LogP contribution is 2.27. The summed E-state index contributed by atoms with van der Waals surface area (Å²) in [7, 11) is 0. The molecule has 3 aromatic rings. The largest absolute Gasteiger partial charge is 0.467 e. The summed E-state index contributed by atoms with van der Waals surface area (Å²) < 4.78 is 10.6. The summed E-state index contributed by atoms with van der Waals surface area (Å²) in [5.74, 6) is -1.48. The molecule has 8 nitrogen and oxygen atoms in total. The minimum absolute atomic E-state index is 0.00629. The van der Waals surface area contributed by atoms with Gasteiger partial charge in [0.15, 0.2) is 6.10 Å². The molecule has 0 N–H and O–H groups in total. The normalized spacial score (nSPS) is 15.9. The van der Waals surface area contributed by atoms with Crippen LogP contribution in [0.15, 0.2) is 52.5 Å². The first-order valence-electron chi connectivity index (χ1n) is 10.5. The summed E-state index contributed by atoms with van der Waals surface area (Å²) in [6.45, 7) is 2.62. The van der Waals surface area contributed by atoms with Crippen molar-refractivity contribution in [3.8, 4) is 0 Å². The van der Waals surface area contributed by atoms with Crippen LogP contribution in [0.5, 0.6) is 0 Å². The maximum atomic E-state index is 12.8. The second-order valence-corrected chi connectivity index (χ2v) is 8.96. The third-order valence-electron chi connectivity index (χ3n) is 5.85. The fourth-order valence-electron chi connectivity index (χ4n) is 4.09. The molecule has 1 unspecified atom stereocenters. The van der Waals surface area contributed by atoms with Crippen molar-refractivity contribution < 1.29 is 28.3 Å². The number of thiophene rings is 1. The van der Waals surface area contributed by atoms with Gasteiger partial charge in [-0.15, -0.1) is 11.3 Å². The van der Waals surface area contributed by atoms with Crippen LogP contribution in [0.4, 0.5) is 0 Å². The number of furan rings is 1. The van der Waals surface area contributed by atoms with Crippen LogP contribution in [0.3, 0.4) is 0 Å². The average molecular weight is 464 g/mol. The number of hydrogen-bond acceptors (Lipinski definition) is 7. The number of benzene rings is 1. The Kier molecular flexibility index (Phi) is 5.33. The summed E-state index contributed by atoms with van der Waals surface area (Å²) in [4.78, 5) is 55.0. The maximum Gasteiger partial charge on any atom is 0.338 e. The summed E-state index contributed by atoms with van der Waals surface area (Å²) in [6, 6.07) is 9.56. The lowest BCUT2D eigenvalue weighted by Crippen LogP contribution is -2.42. The van der Waals surface area contributed by atoms with Crippen LogP contribution in [0, 0.1) is 0 Å². The van der Waals surface area contributed by atoms with Crippen molar-refractivity contribution in [3.63, 3.8) is 0 Å². The summed E-state index contributed by atoms with van der Waals surface area (Å²) in [6.07, 6.45) is 1.28. The van der Waals surface area contributed by atoms with Gasteiger partial charge >= 0.3 is 5.97 Å². The molecule has 5 rings (SSSR count). The quantitative estimate of drug-likeness (QED) is 0.425. The van der Waals surface area contributed by atoms with E-state index in [1.165, 1.54) is 36.3 Å². The van der Waals surface area contributed by atoms with Crippen LogP contribution in [0.25, 0.3) is 0 Å². The van der Waals surface area contributed by atoms with E-state index < -0.39 is 23.9 Å². The Labute approximate surface area is 193 Å². The predicted molar refractivity (Wildman–Crippen MR) is 118 cm³/mol. The number of nitrogens with zero attached hydrogens (tertiary/aromatic N) is 2. The molecule has 2 aliphatic rings. The fourth-order valence-corrected chi connectivity index (χ4v) is 4.98. The molecular weight excluding hydrogens is 444 g/mol. The van der Waals surface area contributed by atoms with Crippen molar-refractivity contribution in [2.24, 2.45) is 0 Å². The molecule has 33 heavy (non-hydrogen) atoms. The highest BCUT2D eigenvalue weighted by atomic mass is 32.1. The third kappa shape index (κ3) is 3.84. The molecule has 168 valence electrons. The molecule has 0 bridgehead atoms. The number of hydrogen-bond donors (Lipinski definition) is 0. The SMILES string of the molecule is CC(OC(=O)c1ccc2c(c1)C(=O)N(Cc1ccco1)C2=O)C(=O)N1CCc2sccc2C1. The number of rotatable bonds is 5. The molecule has 0 spiro atoms. The van der Waals surface area contributed by atoms with Crippen LogP contribution in [0.2, 0.25) is 0 Å². The molecule has 2 aromatic heterocycles. The maximum absolute atomic E-state index is 12.8. The first-order chi connectivity index (χ1) is 15.9. The smallest absolute Gasteiger partial charge is 0.338 e. The lowest BCUT2D eigenvalue weighted by molar-refractivity contribution is -0.140. The van der Waals surface area contributed by atoms with Gasteiger partial charge in [-0.2, -0.15) is 0 Å². The van der Waals surface area contributed by atoms with Gasteiger partial charge in [-0.3, -0.25) is 19.3 Å². The van der Waals surface area contributed by atoms with E-state index in [2.05, 4.69) is 0 Å². The number of carbonyl (C=O) groups is 4. The number of carbonyl (C=O) groups excluding carboxylic acids is 4. The van der Waals surface area contributed by atoms with E-state index in [0.29, 0.717) is 18.8 Å². The summed E-state index contributed by atoms with van der Waals surface area (Å²) >= 11 is 1.68. The first kappa shape index (κ1) is 21.1. The van der Waals surface area contributed by atoms with Crippen molar-refractivity contribution in [2.75, 3.05) is 6.54 Å². The van der Waals surface area contributed by atoms with Gasteiger partial charge in [-0.25, -0.2) is 4.79 Å². The van der Waals surface area contributed by atoms with Crippen molar-refractivity contribution in [2.45, 2.75) is 32.5 Å². The van der Waals surface area contributed by atoms with Crippen LogP contribution in [0.1, 0.15) is 54.2 Å². The molecule has 2 aliphatic heterocycles. The zero-order valence-corrected chi connectivity index (χ0v) is 18.6. The average Bonchev–Trinajstić information content (AvgIpc) is 3.55. The van der Waals surface area contributed by atoms with Crippen molar-refractivity contribution in [1.82, 2.24) is 9.80 Å². The topological polar surface area (TPSA) is 97.1 Å². The molecule has 1 atom stereocenters. The Morgan fingerprint density at radius 1 is 1.15 bits per heavy atom. The van der Waals surface area contributed by atoms with Crippen LogP contribution in [-0.4, -0.2) is 46.1 Å². The van der Waals surface area contributed by atoms with Gasteiger partial charge < -0.3 is 14.1 Å². The predicted octanol–water partition coefficient (Wildman–Crippen LogP) is 3.27. The number of ether oxygens (including phenoxy) is 1. The lowest BCUT2D eigenvalue weighted by Gasteiger charge is -2.29. The zero-order valence-electron chi connectivity index (χ0n) is 17.8. The van der Waals surface area contributed by atoms with Crippen molar-refractivity contribution in [1.29, 1.82) is 0 Å². The molecule has 0 fully saturated rings. The monoisotopic (exact) mass is 464 g/mol. The molecule has 0 saturated carbocycles. The number of esters is 1. The molecule has 1 aromatic carbocycles. The van der Waals surface area contributed by atoms with Gasteiger partial charge in [0.25, 0.3) is 17.7 Å². The van der Waals surface area contributed by atoms with E-state index in [-0.39, 0.29) is 29.1 Å². The molecule has 0 radical (unpaired) electrons. The molecule has 9 heteroatoms. The van der Waals surface area contributed by atoms with Gasteiger partial charge in [0.2, 0.25) is 0 Å². The Hall–Kier alpha value is -3.72. The Bertz CT molecular complexity index is 1260. The van der Waals surface area contributed by atoms with E-state index in [4.69, 9.17) is 9.15 Å². The van der Waals surface area contributed by atoms with E-state index in [9.17, 15) is 19.2 Å². The molecular formula is C24H20N2O6S. The number of fused-ring (bicyclic) bond motifs is 2. The molecule has 0 saturated heterocycles. The van der Waals surface area contributed by atoms with Gasteiger partial charge in [0.05, 0.1) is 29.5 Å². The van der Waals surface area contributed by atoms with E-state index in [1.807, 2.05) is 11.4 Å². The standard InChI is InChI=1S/C24H20N2O6S/c1-14(21(27)25-8-6-20-16(12-25)7-10-33-20)32-24(30)15-4-5-18-19(11-15)23(29)26(22(18)28)13-17-3-2-9-31-17/h2-5,7,9-11,14H,6,8,12-13H2,1H3. The fraction of sp³-hybridized carbons (Fsp3) is 0.250.